The van der Waals surface area contributed by atoms with Crippen LogP contribution in [-0.4, -0.2) is 10.7 Å². The van der Waals surface area contributed by atoms with Crippen molar-refractivity contribution in [2.75, 3.05) is 0 Å². The molecule has 2 saturated carbocycles. The maximum absolute atomic E-state index is 10.7. The van der Waals surface area contributed by atoms with E-state index in [1.165, 1.54) is 19.3 Å². The van der Waals surface area contributed by atoms with Crippen LogP contribution < -0.4 is 0 Å². The number of fused-ring (bicyclic) bond motifs is 2. The Morgan fingerprint density at radius 1 is 1.33 bits per heavy atom. The number of hydrogen-bond acceptors (Lipinski definition) is 1. The zero-order valence-corrected chi connectivity index (χ0v) is 10.7. The molecule has 0 aliphatic heterocycles. The minimum absolute atomic E-state index is 0.363. The van der Waals surface area contributed by atoms with Gasteiger partial charge in [-0.25, -0.2) is 0 Å². The van der Waals surface area contributed by atoms with Crippen molar-refractivity contribution < 1.29 is 5.11 Å². The molecule has 0 heterocycles. The summed E-state index contributed by atoms with van der Waals surface area (Å²) in [4.78, 5) is 0. The van der Waals surface area contributed by atoms with Crippen LogP contribution in [0.5, 0.6) is 0 Å². The molecule has 0 radical (unpaired) electrons. The number of rotatable bonds is 3. The second-order valence-corrected chi connectivity index (χ2v) is 6.68. The van der Waals surface area contributed by atoms with E-state index in [9.17, 15) is 5.11 Å². The highest BCUT2D eigenvalue weighted by Gasteiger charge is 2.57. The van der Waals surface area contributed by atoms with Gasteiger partial charge in [0.05, 0.1) is 5.60 Å². The highest BCUT2D eigenvalue weighted by atomic mass is 16.3. The lowest BCUT2D eigenvalue weighted by Crippen LogP contribution is -2.46. The first kappa shape index (κ1) is 11.4. The van der Waals surface area contributed by atoms with E-state index in [1.807, 2.05) is 0 Å². The van der Waals surface area contributed by atoms with Gasteiger partial charge in [0.1, 0.15) is 0 Å². The van der Waals surface area contributed by atoms with Crippen molar-refractivity contribution in [2.45, 2.75) is 65.4 Å². The van der Waals surface area contributed by atoms with Gasteiger partial charge in [0, 0.05) is 0 Å². The molecule has 0 aromatic rings. The molecule has 2 rings (SSSR count). The van der Waals surface area contributed by atoms with E-state index in [4.69, 9.17) is 0 Å². The van der Waals surface area contributed by atoms with Gasteiger partial charge in [-0.1, -0.05) is 27.2 Å². The molecule has 2 fully saturated rings. The Hall–Kier alpha value is -0.0400. The summed E-state index contributed by atoms with van der Waals surface area (Å²) in [7, 11) is 0. The largest absolute Gasteiger partial charge is 0.390 e. The Kier molecular flexibility index (Phi) is 2.65. The van der Waals surface area contributed by atoms with E-state index in [1.54, 1.807) is 0 Å². The lowest BCUT2D eigenvalue weighted by molar-refractivity contribution is -0.0831. The molecule has 0 spiro atoms. The molecule has 1 N–H and O–H groups in total. The second kappa shape index (κ2) is 3.48. The standard InChI is InChI=1S/C14H26O/c1-5-8-14(4,15)12-10-6-7-11(9-10)13(12,2)3/h10-12,15H,5-9H2,1-4H3. The summed E-state index contributed by atoms with van der Waals surface area (Å²) in [5, 5.41) is 10.7. The fraction of sp³-hybridized carbons (Fsp3) is 1.00. The molecular formula is C14H26O. The normalized spacial score (nSPS) is 41.8. The van der Waals surface area contributed by atoms with Crippen LogP contribution >= 0.6 is 0 Å². The molecule has 88 valence electrons. The summed E-state index contributed by atoms with van der Waals surface area (Å²) in [6.07, 6.45) is 6.19. The Balaban J connectivity index is 2.21. The molecule has 15 heavy (non-hydrogen) atoms. The van der Waals surface area contributed by atoms with Crippen molar-refractivity contribution in [2.24, 2.45) is 23.2 Å². The van der Waals surface area contributed by atoms with Crippen LogP contribution in [0.1, 0.15) is 59.8 Å². The van der Waals surface area contributed by atoms with Gasteiger partial charge in [0.25, 0.3) is 0 Å². The molecule has 1 nitrogen and oxygen atoms in total. The molecule has 2 aliphatic carbocycles. The summed E-state index contributed by atoms with van der Waals surface area (Å²) in [6.45, 7) is 9.01. The third-order valence-corrected chi connectivity index (χ3v) is 5.22. The lowest BCUT2D eigenvalue weighted by Gasteiger charge is -2.46. The first-order valence-electron chi connectivity index (χ1n) is 6.62. The molecular weight excluding hydrogens is 184 g/mol. The molecule has 2 aliphatic rings. The zero-order chi connectivity index (χ0) is 11.3. The fourth-order valence-corrected chi connectivity index (χ4v) is 4.83. The summed E-state index contributed by atoms with van der Waals surface area (Å²) >= 11 is 0. The first-order chi connectivity index (χ1) is 6.89. The molecule has 0 amide bonds. The Bertz CT molecular complexity index is 242. The molecule has 0 aromatic heterocycles. The van der Waals surface area contributed by atoms with E-state index in [0.29, 0.717) is 11.3 Å². The highest BCUT2D eigenvalue weighted by Crippen LogP contribution is 2.62. The predicted molar refractivity (Wildman–Crippen MR) is 63.6 cm³/mol. The van der Waals surface area contributed by atoms with Gasteiger partial charge in [0.15, 0.2) is 0 Å². The van der Waals surface area contributed by atoms with Gasteiger partial charge in [-0.15, -0.1) is 0 Å². The maximum atomic E-state index is 10.7. The van der Waals surface area contributed by atoms with Crippen LogP contribution in [-0.2, 0) is 0 Å². The van der Waals surface area contributed by atoms with Crippen molar-refractivity contribution in [3.05, 3.63) is 0 Å². The Labute approximate surface area is 94.3 Å². The zero-order valence-electron chi connectivity index (χ0n) is 10.7. The minimum Gasteiger partial charge on any atom is -0.390 e. The topological polar surface area (TPSA) is 20.2 Å². The predicted octanol–water partition coefficient (Wildman–Crippen LogP) is 3.61. The van der Waals surface area contributed by atoms with Crippen LogP contribution in [0.15, 0.2) is 0 Å². The van der Waals surface area contributed by atoms with E-state index in [2.05, 4.69) is 27.7 Å². The number of hydrogen-bond donors (Lipinski definition) is 1. The monoisotopic (exact) mass is 210 g/mol. The summed E-state index contributed by atoms with van der Waals surface area (Å²) in [6, 6.07) is 0. The summed E-state index contributed by atoms with van der Waals surface area (Å²) in [5.41, 5.74) is -0.0698. The van der Waals surface area contributed by atoms with Crippen molar-refractivity contribution in [3.8, 4) is 0 Å². The van der Waals surface area contributed by atoms with Gasteiger partial charge >= 0.3 is 0 Å². The van der Waals surface area contributed by atoms with Gasteiger partial charge in [-0.3, -0.25) is 0 Å². The third-order valence-electron chi connectivity index (χ3n) is 5.22. The van der Waals surface area contributed by atoms with Crippen LogP contribution in [0.3, 0.4) is 0 Å². The van der Waals surface area contributed by atoms with Crippen molar-refractivity contribution in [1.29, 1.82) is 0 Å². The maximum Gasteiger partial charge on any atom is 0.0655 e. The smallest absolute Gasteiger partial charge is 0.0655 e. The summed E-state index contributed by atoms with van der Waals surface area (Å²) < 4.78 is 0. The molecule has 4 unspecified atom stereocenters. The highest BCUT2D eigenvalue weighted by molar-refractivity contribution is 5.07. The first-order valence-corrected chi connectivity index (χ1v) is 6.62. The number of aliphatic hydroxyl groups is 1. The van der Waals surface area contributed by atoms with E-state index in [0.717, 1.165) is 24.7 Å². The van der Waals surface area contributed by atoms with Crippen molar-refractivity contribution in [1.82, 2.24) is 0 Å². The second-order valence-electron chi connectivity index (χ2n) is 6.68. The molecule has 0 saturated heterocycles. The SMILES string of the molecule is CCCC(C)(O)C1C2CCC(C2)C1(C)C. The van der Waals surface area contributed by atoms with Crippen LogP contribution in [0.2, 0.25) is 0 Å². The Morgan fingerprint density at radius 3 is 2.47 bits per heavy atom. The molecule has 1 heteroatoms. The quantitative estimate of drug-likeness (QED) is 0.754. The molecule has 2 bridgehead atoms. The van der Waals surface area contributed by atoms with Gasteiger partial charge in [-0.05, 0) is 55.8 Å². The molecule has 0 aromatic carbocycles. The minimum atomic E-state index is -0.432. The average Bonchev–Trinajstić information content (AvgIpc) is 2.59. The fourth-order valence-electron chi connectivity index (χ4n) is 4.83. The van der Waals surface area contributed by atoms with Crippen LogP contribution in [0.25, 0.3) is 0 Å². The van der Waals surface area contributed by atoms with Gasteiger partial charge in [0.2, 0.25) is 0 Å². The van der Waals surface area contributed by atoms with E-state index < -0.39 is 5.60 Å². The van der Waals surface area contributed by atoms with Gasteiger partial charge < -0.3 is 5.11 Å². The van der Waals surface area contributed by atoms with Crippen molar-refractivity contribution >= 4 is 0 Å². The third kappa shape index (κ3) is 1.63. The lowest BCUT2D eigenvalue weighted by atomic mass is 9.61. The summed E-state index contributed by atoms with van der Waals surface area (Å²) in [5.74, 6) is 2.20. The molecule has 4 atom stereocenters. The van der Waals surface area contributed by atoms with Crippen molar-refractivity contribution in [3.63, 3.8) is 0 Å². The average molecular weight is 210 g/mol. The van der Waals surface area contributed by atoms with E-state index >= 15 is 0 Å². The Morgan fingerprint density at radius 2 is 2.00 bits per heavy atom. The van der Waals surface area contributed by atoms with Crippen LogP contribution in [0, 0.1) is 23.2 Å². The van der Waals surface area contributed by atoms with E-state index in [-0.39, 0.29) is 0 Å². The van der Waals surface area contributed by atoms with Crippen LogP contribution in [0.4, 0.5) is 0 Å². The van der Waals surface area contributed by atoms with Gasteiger partial charge in [-0.2, -0.15) is 0 Å².